The maximum Gasteiger partial charge on any atom is 0.240 e. The molecule has 0 aromatic rings. The first-order valence-electron chi connectivity index (χ1n) is 5.86. The van der Waals surface area contributed by atoms with E-state index < -0.39 is 5.54 Å². The Kier molecular flexibility index (Phi) is 7.15. The second kappa shape index (κ2) is 7.50. The van der Waals surface area contributed by atoms with Crippen molar-refractivity contribution in [3.05, 3.63) is 0 Å². The lowest BCUT2D eigenvalue weighted by Crippen LogP contribution is -2.55. The Hall–Kier alpha value is -0.810. The first-order valence-corrected chi connectivity index (χ1v) is 5.86. The number of carbonyl (C=O) groups is 2. The number of rotatable bonds is 4. The van der Waals surface area contributed by atoms with Crippen molar-refractivity contribution in [2.75, 3.05) is 13.1 Å². The van der Waals surface area contributed by atoms with E-state index in [1.165, 1.54) is 6.92 Å². The molecule has 1 aliphatic carbocycles. The van der Waals surface area contributed by atoms with Gasteiger partial charge in [0.1, 0.15) is 0 Å². The molecule has 2 amide bonds. The van der Waals surface area contributed by atoms with Crippen molar-refractivity contribution in [2.45, 2.75) is 44.6 Å². The van der Waals surface area contributed by atoms with Crippen molar-refractivity contribution in [1.82, 2.24) is 10.6 Å². The SMILES string of the molecule is CC(=O)NCCNC(=O)C1(N)CCCCC1.Cl. The molecule has 0 aromatic heterocycles. The average molecular weight is 264 g/mol. The fourth-order valence-electron chi connectivity index (χ4n) is 2.00. The van der Waals surface area contributed by atoms with Gasteiger partial charge in [-0.2, -0.15) is 0 Å². The van der Waals surface area contributed by atoms with Crippen LogP contribution in [0.5, 0.6) is 0 Å². The Morgan fingerprint density at radius 1 is 1.12 bits per heavy atom. The molecule has 100 valence electrons. The molecule has 0 atom stereocenters. The Bertz CT molecular complexity index is 265. The van der Waals surface area contributed by atoms with Gasteiger partial charge in [-0.3, -0.25) is 9.59 Å². The van der Waals surface area contributed by atoms with Gasteiger partial charge in [-0.25, -0.2) is 0 Å². The molecule has 1 fully saturated rings. The zero-order chi connectivity index (χ0) is 12.0. The molecule has 0 unspecified atom stereocenters. The second-order valence-corrected chi connectivity index (χ2v) is 4.46. The van der Waals surface area contributed by atoms with Crippen LogP contribution in [0, 0.1) is 0 Å². The van der Waals surface area contributed by atoms with E-state index in [1.807, 2.05) is 0 Å². The quantitative estimate of drug-likeness (QED) is 0.639. The fraction of sp³-hybridized carbons (Fsp3) is 0.818. The highest BCUT2D eigenvalue weighted by molar-refractivity contribution is 5.86. The first kappa shape index (κ1) is 16.2. The predicted molar refractivity (Wildman–Crippen MR) is 68.9 cm³/mol. The zero-order valence-electron chi connectivity index (χ0n) is 10.3. The summed E-state index contributed by atoms with van der Waals surface area (Å²) in [5.41, 5.74) is 5.36. The third kappa shape index (κ3) is 5.37. The van der Waals surface area contributed by atoms with Crippen LogP contribution < -0.4 is 16.4 Å². The third-order valence-electron chi connectivity index (χ3n) is 2.98. The highest BCUT2D eigenvalue weighted by atomic mass is 35.5. The van der Waals surface area contributed by atoms with E-state index in [9.17, 15) is 9.59 Å². The van der Waals surface area contributed by atoms with E-state index in [-0.39, 0.29) is 24.2 Å². The summed E-state index contributed by atoms with van der Waals surface area (Å²) in [6.45, 7) is 2.35. The van der Waals surface area contributed by atoms with Gasteiger partial charge in [0.25, 0.3) is 0 Å². The summed E-state index contributed by atoms with van der Waals surface area (Å²) in [6, 6.07) is 0. The van der Waals surface area contributed by atoms with E-state index >= 15 is 0 Å². The lowest BCUT2D eigenvalue weighted by atomic mass is 9.82. The number of nitrogens with one attached hydrogen (secondary N) is 2. The molecular weight excluding hydrogens is 242 g/mol. The molecule has 0 aliphatic heterocycles. The molecule has 0 aromatic carbocycles. The summed E-state index contributed by atoms with van der Waals surface area (Å²) in [6.07, 6.45) is 4.74. The van der Waals surface area contributed by atoms with Crippen molar-refractivity contribution in [3.63, 3.8) is 0 Å². The molecule has 5 nitrogen and oxygen atoms in total. The lowest BCUT2D eigenvalue weighted by molar-refractivity contribution is -0.127. The molecular formula is C11H22ClN3O2. The van der Waals surface area contributed by atoms with Crippen LogP contribution in [0.1, 0.15) is 39.0 Å². The van der Waals surface area contributed by atoms with E-state index in [2.05, 4.69) is 10.6 Å². The topological polar surface area (TPSA) is 84.2 Å². The molecule has 0 heterocycles. The molecule has 0 radical (unpaired) electrons. The van der Waals surface area contributed by atoms with Gasteiger partial charge >= 0.3 is 0 Å². The van der Waals surface area contributed by atoms with Crippen LogP contribution in [0.4, 0.5) is 0 Å². The van der Waals surface area contributed by atoms with E-state index in [4.69, 9.17) is 5.73 Å². The van der Waals surface area contributed by atoms with Gasteiger partial charge in [0.2, 0.25) is 11.8 Å². The fourth-order valence-corrected chi connectivity index (χ4v) is 2.00. The van der Waals surface area contributed by atoms with Crippen LogP contribution in [0.3, 0.4) is 0 Å². The van der Waals surface area contributed by atoms with Crippen LogP contribution in [0.25, 0.3) is 0 Å². The first-order chi connectivity index (χ1) is 7.54. The molecule has 1 rings (SSSR count). The van der Waals surface area contributed by atoms with Gasteiger partial charge in [-0.1, -0.05) is 19.3 Å². The number of halogens is 1. The molecule has 0 saturated heterocycles. The molecule has 4 N–H and O–H groups in total. The van der Waals surface area contributed by atoms with Crippen molar-refractivity contribution in [2.24, 2.45) is 5.73 Å². The molecule has 0 bridgehead atoms. The average Bonchev–Trinajstić information content (AvgIpc) is 2.25. The summed E-state index contributed by atoms with van der Waals surface area (Å²) in [5, 5.41) is 5.39. The van der Waals surface area contributed by atoms with Crippen molar-refractivity contribution in [3.8, 4) is 0 Å². The summed E-state index contributed by atoms with van der Waals surface area (Å²) in [5.74, 6) is -0.174. The third-order valence-corrected chi connectivity index (χ3v) is 2.98. The maximum absolute atomic E-state index is 11.8. The summed E-state index contributed by atoms with van der Waals surface area (Å²) >= 11 is 0. The monoisotopic (exact) mass is 263 g/mol. The highest BCUT2D eigenvalue weighted by Crippen LogP contribution is 2.25. The van der Waals surface area contributed by atoms with Crippen LogP contribution in [0.2, 0.25) is 0 Å². The Morgan fingerprint density at radius 2 is 1.65 bits per heavy atom. The predicted octanol–water partition coefficient (Wildman–Crippen LogP) is 0.322. The summed E-state index contributed by atoms with van der Waals surface area (Å²) < 4.78 is 0. The normalized spacial score (nSPS) is 17.8. The Balaban J connectivity index is 0.00000256. The van der Waals surface area contributed by atoms with Crippen LogP contribution in [-0.4, -0.2) is 30.4 Å². The van der Waals surface area contributed by atoms with Crippen molar-refractivity contribution >= 4 is 24.2 Å². The number of hydrogen-bond donors (Lipinski definition) is 3. The van der Waals surface area contributed by atoms with Gasteiger partial charge in [0, 0.05) is 20.0 Å². The highest BCUT2D eigenvalue weighted by Gasteiger charge is 2.34. The van der Waals surface area contributed by atoms with Gasteiger partial charge in [0.15, 0.2) is 0 Å². The smallest absolute Gasteiger partial charge is 0.240 e. The Labute approximate surface area is 108 Å². The number of hydrogen-bond acceptors (Lipinski definition) is 3. The van der Waals surface area contributed by atoms with E-state index in [1.54, 1.807) is 0 Å². The van der Waals surface area contributed by atoms with Gasteiger partial charge in [0.05, 0.1) is 5.54 Å². The number of nitrogens with two attached hydrogens (primary N) is 1. The number of amides is 2. The van der Waals surface area contributed by atoms with Gasteiger partial charge < -0.3 is 16.4 Å². The van der Waals surface area contributed by atoms with Crippen LogP contribution in [-0.2, 0) is 9.59 Å². The molecule has 1 aliphatic rings. The van der Waals surface area contributed by atoms with E-state index in [0.717, 1.165) is 32.1 Å². The van der Waals surface area contributed by atoms with Crippen LogP contribution >= 0.6 is 12.4 Å². The Morgan fingerprint density at radius 3 is 2.18 bits per heavy atom. The summed E-state index contributed by atoms with van der Waals surface area (Å²) in [4.78, 5) is 22.4. The van der Waals surface area contributed by atoms with E-state index in [0.29, 0.717) is 13.1 Å². The molecule has 1 saturated carbocycles. The minimum absolute atomic E-state index is 0. The molecule has 6 heteroatoms. The largest absolute Gasteiger partial charge is 0.355 e. The van der Waals surface area contributed by atoms with Gasteiger partial charge in [-0.05, 0) is 12.8 Å². The molecule has 0 spiro atoms. The van der Waals surface area contributed by atoms with Crippen LogP contribution in [0.15, 0.2) is 0 Å². The molecule has 17 heavy (non-hydrogen) atoms. The van der Waals surface area contributed by atoms with Crippen molar-refractivity contribution in [1.29, 1.82) is 0 Å². The minimum Gasteiger partial charge on any atom is -0.355 e. The minimum atomic E-state index is -0.686. The maximum atomic E-state index is 11.8. The number of carbonyl (C=O) groups excluding carboxylic acids is 2. The zero-order valence-corrected chi connectivity index (χ0v) is 11.1. The second-order valence-electron chi connectivity index (χ2n) is 4.46. The summed E-state index contributed by atoms with van der Waals surface area (Å²) in [7, 11) is 0. The van der Waals surface area contributed by atoms with Gasteiger partial charge in [-0.15, -0.1) is 12.4 Å². The lowest BCUT2D eigenvalue weighted by Gasteiger charge is -2.31. The standard InChI is InChI=1S/C11H21N3O2.ClH/c1-9(15)13-7-8-14-10(16)11(12)5-3-2-4-6-11;/h2-8,12H2,1H3,(H,13,15)(H,14,16);1H. The van der Waals surface area contributed by atoms with Crippen molar-refractivity contribution < 1.29 is 9.59 Å².